The molecule has 0 heterocycles. The zero-order valence-electron chi connectivity index (χ0n) is 36.0. The van der Waals surface area contributed by atoms with Gasteiger partial charge in [-0.3, -0.25) is 4.99 Å². The molecule has 54 heavy (non-hydrogen) atoms. The Balaban J connectivity index is 0.000000422. The molecule has 288 valence electrons. The van der Waals surface area contributed by atoms with E-state index in [2.05, 4.69) is 190 Å². The minimum atomic E-state index is 0. The average molecular weight is 804 g/mol. The third kappa shape index (κ3) is 16.6. The molecular weight excluding hydrogens is 735 g/mol. The third-order valence-electron chi connectivity index (χ3n) is 9.03. The summed E-state index contributed by atoms with van der Waals surface area (Å²) in [5.74, 6) is 1.83. The maximum absolute atomic E-state index is 8.01. The summed E-state index contributed by atoms with van der Waals surface area (Å²) in [7, 11) is 4.13. The Morgan fingerprint density at radius 3 is 1.54 bits per heavy atom. The van der Waals surface area contributed by atoms with Crippen LogP contribution in [0.25, 0.3) is 16.4 Å². The largest absolute Gasteiger partial charge is 3.00 e. The van der Waals surface area contributed by atoms with E-state index in [1.54, 1.807) is 0 Å². The Bertz CT molecular complexity index is 1660. The molecule has 0 aliphatic carbocycles. The molecule has 0 saturated heterocycles. The second-order valence-corrected chi connectivity index (χ2v) is 15.5. The van der Waals surface area contributed by atoms with Crippen LogP contribution in [0.4, 0.5) is 17.1 Å². The monoisotopic (exact) mass is 803 g/mol. The van der Waals surface area contributed by atoms with Crippen molar-refractivity contribution in [1.82, 2.24) is 4.90 Å². The number of hydrogen-bond donors (Lipinski definition) is 0. The minimum Gasteiger partial charge on any atom is -0.698 e. The van der Waals surface area contributed by atoms with Gasteiger partial charge in [0, 0.05) is 12.3 Å². The molecule has 5 nitrogen and oxygen atoms in total. The van der Waals surface area contributed by atoms with E-state index in [0.29, 0.717) is 23.7 Å². The summed E-state index contributed by atoms with van der Waals surface area (Å²) in [5, 5.41) is 9.63. The zero-order chi connectivity index (χ0) is 39.7. The number of likely N-dealkylation sites (N-methyl/N-ethyl adjacent to an activating group) is 1. The third-order valence-corrected chi connectivity index (χ3v) is 9.03. The van der Waals surface area contributed by atoms with Gasteiger partial charge in [-0.1, -0.05) is 192 Å². The standard InChI is InChI=1S/C21H34N3.C15H16N.C12H18N.Y/c1-15(2)19-10-9-11-20(16(3)4)21(19)23-18(6)14-17(5)22-12-13-24(7)8;1-12-7-6-8-13(2)15(12)16-11-14-9-4-3-5-10-14;1-8(2)10-6-5-7-11(9(3)4)12(10)13;/h9-11,14-16H,12-13H2,1-8H3;3-10H,11H2,1-2H3;5-9,13H,1-4H3;/q3*-1;+3/b18-14-,22-17?;;;. The molecule has 0 atom stereocenters. The quantitative estimate of drug-likeness (QED) is 0.124. The predicted molar refractivity (Wildman–Crippen MR) is 236 cm³/mol. The molecule has 0 amide bonds. The number of aliphatic imine (C=N–C) groups is 1. The van der Waals surface area contributed by atoms with Crippen LogP contribution >= 0.6 is 0 Å². The summed E-state index contributed by atoms with van der Waals surface area (Å²) in [6.45, 7) is 28.3. The Labute approximate surface area is 355 Å². The second kappa shape index (κ2) is 25.0. The summed E-state index contributed by atoms with van der Waals surface area (Å²) in [6.07, 6.45) is 2.08. The van der Waals surface area contributed by atoms with Gasteiger partial charge >= 0.3 is 32.7 Å². The summed E-state index contributed by atoms with van der Waals surface area (Å²) < 4.78 is 0. The summed E-state index contributed by atoms with van der Waals surface area (Å²) >= 11 is 0. The average Bonchev–Trinajstić information content (AvgIpc) is 3.08. The fraction of sp³-hybridized carbons (Fsp3) is 0.438. The van der Waals surface area contributed by atoms with Crippen LogP contribution in [0.5, 0.6) is 0 Å². The molecule has 0 aromatic heterocycles. The van der Waals surface area contributed by atoms with Crippen LogP contribution in [0, 0.1) is 13.8 Å². The van der Waals surface area contributed by atoms with Crippen LogP contribution in [0.15, 0.2) is 102 Å². The van der Waals surface area contributed by atoms with Crippen molar-refractivity contribution in [3.05, 3.63) is 152 Å². The fourth-order valence-electron chi connectivity index (χ4n) is 5.98. The molecule has 0 spiro atoms. The summed E-state index contributed by atoms with van der Waals surface area (Å²) in [4.78, 5) is 6.74. The molecule has 4 rings (SSSR count). The molecule has 0 bridgehead atoms. The number of nitrogens with one attached hydrogen (secondary N) is 1. The first-order valence-corrected chi connectivity index (χ1v) is 19.3. The Hall–Kier alpha value is -3.25. The molecule has 4 aromatic carbocycles. The maximum atomic E-state index is 8.01. The Morgan fingerprint density at radius 1 is 0.648 bits per heavy atom. The first kappa shape index (κ1) is 48.8. The predicted octanol–water partition coefficient (Wildman–Crippen LogP) is 15.0. The van der Waals surface area contributed by atoms with Crippen LogP contribution in [-0.4, -0.2) is 37.8 Å². The number of para-hydroxylation sites is 2. The molecule has 1 N–H and O–H groups in total. The van der Waals surface area contributed by atoms with Crippen molar-refractivity contribution in [2.75, 3.05) is 27.2 Å². The van der Waals surface area contributed by atoms with Crippen molar-refractivity contribution in [3.8, 4) is 0 Å². The van der Waals surface area contributed by atoms with Gasteiger partial charge in [-0.05, 0) is 58.5 Å². The van der Waals surface area contributed by atoms with Gasteiger partial charge in [0.1, 0.15) is 0 Å². The second-order valence-electron chi connectivity index (χ2n) is 15.5. The van der Waals surface area contributed by atoms with Gasteiger partial charge in [0.25, 0.3) is 0 Å². The fourth-order valence-corrected chi connectivity index (χ4v) is 5.98. The number of allylic oxidation sites excluding steroid dienone is 2. The van der Waals surface area contributed by atoms with E-state index in [0.717, 1.165) is 59.2 Å². The van der Waals surface area contributed by atoms with Crippen LogP contribution in [0.3, 0.4) is 0 Å². The first-order chi connectivity index (χ1) is 25.0. The first-order valence-electron chi connectivity index (χ1n) is 19.3. The van der Waals surface area contributed by atoms with Crippen molar-refractivity contribution in [2.24, 2.45) is 4.99 Å². The van der Waals surface area contributed by atoms with Gasteiger partial charge in [-0.2, -0.15) is 5.70 Å². The smallest absolute Gasteiger partial charge is 0.698 e. The number of nitrogens with zero attached hydrogens (tertiary/aromatic N) is 4. The Morgan fingerprint density at radius 2 is 1.09 bits per heavy atom. The Kier molecular flexibility index (Phi) is 22.6. The van der Waals surface area contributed by atoms with Crippen molar-refractivity contribution in [3.63, 3.8) is 0 Å². The molecular formula is C48H68N5Y. The molecule has 0 aliphatic rings. The summed E-state index contributed by atoms with van der Waals surface area (Å²) in [6, 6.07) is 29.3. The molecule has 4 aromatic rings. The van der Waals surface area contributed by atoms with Crippen molar-refractivity contribution in [1.29, 1.82) is 0 Å². The molecule has 0 saturated carbocycles. The minimum absolute atomic E-state index is 0. The number of hydrogen-bond acceptors (Lipinski definition) is 2. The summed E-state index contributed by atoms with van der Waals surface area (Å²) in [5.41, 5.74) is 21.7. The topological polar surface area (TPSA) is 67.6 Å². The number of rotatable bonds is 13. The molecule has 0 unspecified atom stereocenters. The van der Waals surface area contributed by atoms with Crippen LogP contribution in [0.1, 0.15) is 132 Å². The molecule has 6 heteroatoms. The van der Waals surface area contributed by atoms with E-state index in [1.165, 1.54) is 27.8 Å². The van der Waals surface area contributed by atoms with E-state index in [4.69, 9.17) is 11.1 Å². The van der Waals surface area contributed by atoms with Crippen LogP contribution in [-0.2, 0) is 39.3 Å². The van der Waals surface area contributed by atoms with Gasteiger partial charge in [-0.25, -0.2) is 0 Å². The number of benzene rings is 4. The molecule has 0 fully saturated rings. The van der Waals surface area contributed by atoms with Gasteiger partial charge < -0.3 is 21.3 Å². The SMILES string of the molecule is CC(/C=C(/C)[N-]c1c(C(C)C)cccc1C(C)C)=NCCN(C)C.CC(C)c1cccc(C(C)C)c1[NH-].Cc1cccc(C)c1[N-]Cc1ccccc1.[Y+3]. The van der Waals surface area contributed by atoms with E-state index in [1.807, 2.05) is 13.0 Å². The normalized spacial score (nSPS) is 11.6. The van der Waals surface area contributed by atoms with E-state index >= 15 is 0 Å². The zero-order valence-corrected chi connectivity index (χ0v) is 38.8. The van der Waals surface area contributed by atoms with Crippen LogP contribution in [0.2, 0.25) is 0 Å². The van der Waals surface area contributed by atoms with Gasteiger partial charge in [-0.15, -0.1) is 23.6 Å². The molecule has 0 aliphatic heterocycles. The van der Waals surface area contributed by atoms with Crippen LogP contribution < -0.4 is 0 Å². The van der Waals surface area contributed by atoms with Crippen molar-refractivity contribution in [2.45, 2.75) is 113 Å². The van der Waals surface area contributed by atoms with E-state index in [-0.39, 0.29) is 32.7 Å². The van der Waals surface area contributed by atoms with Crippen molar-refractivity contribution < 1.29 is 32.7 Å². The van der Waals surface area contributed by atoms with Gasteiger partial charge in [0.15, 0.2) is 0 Å². The van der Waals surface area contributed by atoms with Crippen molar-refractivity contribution >= 4 is 22.8 Å². The van der Waals surface area contributed by atoms with E-state index in [9.17, 15) is 0 Å². The molecule has 0 radical (unpaired) electrons. The van der Waals surface area contributed by atoms with Gasteiger partial charge in [0.2, 0.25) is 0 Å². The van der Waals surface area contributed by atoms with Gasteiger partial charge in [0.05, 0.1) is 6.54 Å². The maximum Gasteiger partial charge on any atom is 3.00 e. The van der Waals surface area contributed by atoms with E-state index < -0.39 is 0 Å². The number of aryl methyl sites for hydroxylation is 2.